The van der Waals surface area contributed by atoms with E-state index in [1.165, 1.54) is 4.90 Å². The Labute approximate surface area is 152 Å². The van der Waals surface area contributed by atoms with Crippen LogP contribution in [-0.2, 0) is 9.59 Å². The minimum Gasteiger partial charge on any atom is -0.481 e. The molecule has 4 atom stereocenters. The van der Waals surface area contributed by atoms with E-state index in [9.17, 15) is 35.1 Å². The van der Waals surface area contributed by atoms with Crippen LogP contribution in [0, 0.1) is 0 Å². The quantitative estimate of drug-likeness (QED) is 0.246. The second kappa shape index (κ2) is 10.1. The molecule has 10 heteroatoms. The van der Waals surface area contributed by atoms with Gasteiger partial charge in [0.1, 0.15) is 6.04 Å². The molecule has 1 saturated carbocycles. The number of aliphatic carboxylic acids is 2. The number of hydrogen-bond donors (Lipinski definition) is 6. The standard InChI is InChI=1S/C16H30N2O8/c1-17(11(15(23)24)7-13(19)20)9-5-3-4-6-10(9)18(2)12(16(25)26)8-14(21)22/h9-13,15,19-20,23-24H,3-8H2,1-2H3,(H,21,22)(H,25,26). The van der Waals surface area contributed by atoms with Crippen LogP contribution in [0.15, 0.2) is 0 Å². The second-order valence-electron chi connectivity index (χ2n) is 6.90. The third-order valence-corrected chi connectivity index (χ3v) is 5.20. The first-order chi connectivity index (χ1) is 12.1. The maximum Gasteiger partial charge on any atom is 0.321 e. The normalized spacial score (nSPS) is 23.6. The van der Waals surface area contributed by atoms with Crippen LogP contribution in [-0.4, -0.2) is 103 Å². The number of carbonyl (C=O) groups is 2. The summed E-state index contributed by atoms with van der Waals surface area (Å²) in [5, 5.41) is 56.0. The van der Waals surface area contributed by atoms with Crippen LogP contribution in [0.1, 0.15) is 38.5 Å². The van der Waals surface area contributed by atoms with Gasteiger partial charge in [-0.3, -0.25) is 19.4 Å². The molecule has 1 rings (SSSR count). The molecule has 1 fully saturated rings. The first-order valence-corrected chi connectivity index (χ1v) is 8.67. The fourth-order valence-electron chi connectivity index (χ4n) is 3.80. The molecular weight excluding hydrogens is 348 g/mol. The van der Waals surface area contributed by atoms with Crippen molar-refractivity contribution in [2.24, 2.45) is 0 Å². The molecule has 1 aliphatic rings. The molecular formula is C16H30N2O8. The predicted molar refractivity (Wildman–Crippen MR) is 90.1 cm³/mol. The molecule has 26 heavy (non-hydrogen) atoms. The van der Waals surface area contributed by atoms with E-state index in [0.29, 0.717) is 12.8 Å². The van der Waals surface area contributed by atoms with Gasteiger partial charge in [0.25, 0.3) is 0 Å². The molecule has 0 aromatic carbocycles. The summed E-state index contributed by atoms with van der Waals surface area (Å²) < 4.78 is 0. The van der Waals surface area contributed by atoms with Crippen molar-refractivity contribution in [2.45, 2.75) is 75.3 Å². The molecule has 0 aromatic rings. The number of nitrogens with zero attached hydrogens (tertiary/aromatic N) is 2. The average molecular weight is 378 g/mol. The van der Waals surface area contributed by atoms with E-state index in [2.05, 4.69) is 0 Å². The van der Waals surface area contributed by atoms with Crippen molar-refractivity contribution in [1.29, 1.82) is 0 Å². The predicted octanol–water partition coefficient (Wildman–Crippen LogP) is -1.53. The topological polar surface area (TPSA) is 162 Å². The molecule has 0 spiro atoms. The van der Waals surface area contributed by atoms with E-state index < -0.39 is 43.0 Å². The molecule has 0 radical (unpaired) electrons. The second-order valence-corrected chi connectivity index (χ2v) is 6.90. The first kappa shape index (κ1) is 22.7. The Hall–Kier alpha value is -1.30. The van der Waals surface area contributed by atoms with Crippen molar-refractivity contribution < 1.29 is 40.2 Å². The third-order valence-electron chi connectivity index (χ3n) is 5.20. The van der Waals surface area contributed by atoms with Crippen molar-refractivity contribution in [3.8, 4) is 0 Å². The molecule has 10 nitrogen and oxygen atoms in total. The summed E-state index contributed by atoms with van der Waals surface area (Å²) in [6.07, 6.45) is -1.37. The lowest BCUT2D eigenvalue weighted by atomic mass is 9.86. The highest BCUT2D eigenvalue weighted by atomic mass is 16.5. The molecule has 0 saturated heterocycles. The first-order valence-electron chi connectivity index (χ1n) is 8.67. The van der Waals surface area contributed by atoms with E-state index >= 15 is 0 Å². The Morgan fingerprint density at radius 1 is 0.962 bits per heavy atom. The van der Waals surface area contributed by atoms with E-state index in [-0.39, 0.29) is 18.5 Å². The number of aliphatic hydroxyl groups excluding tert-OH is 2. The number of aliphatic hydroxyl groups is 4. The van der Waals surface area contributed by atoms with E-state index in [1.807, 2.05) is 0 Å². The molecule has 0 aliphatic heterocycles. The lowest BCUT2D eigenvalue weighted by molar-refractivity contribution is -0.155. The zero-order valence-electron chi connectivity index (χ0n) is 15.1. The van der Waals surface area contributed by atoms with Gasteiger partial charge in [-0.05, 0) is 26.9 Å². The molecule has 0 aromatic heterocycles. The Morgan fingerprint density at radius 3 is 1.85 bits per heavy atom. The SMILES string of the molecule is CN(C(CC(=O)O)C(=O)O)C1CCCCC1N(C)C(CC(O)O)C(O)O. The summed E-state index contributed by atoms with van der Waals surface area (Å²) in [6.45, 7) is 0. The van der Waals surface area contributed by atoms with Crippen LogP contribution in [0.5, 0.6) is 0 Å². The van der Waals surface area contributed by atoms with Crippen LogP contribution in [0.4, 0.5) is 0 Å². The van der Waals surface area contributed by atoms with E-state index in [0.717, 1.165) is 12.8 Å². The number of carboxylic acid groups (broad SMARTS) is 2. The van der Waals surface area contributed by atoms with Gasteiger partial charge >= 0.3 is 11.9 Å². The Balaban J connectivity index is 3.03. The van der Waals surface area contributed by atoms with Gasteiger partial charge in [-0.25, -0.2) is 0 Å². The molecule has 152 valence electrons. The summed E-state index contributed by atoms with van der Waals surface area (Å²) >= 11 is 0. The summed E-state index contributed by atoms with van der Waals surface area (Å²) in [5.74, 6) is -2.44. The lowest BCUT2D eigenvalue weighted by Gasteiger charge is -2.46. The highest BCUT2D eigenvalue weighted by molar-refractivity contribution is 5.80. The van der Waals surface area contributed by atoms with Crippen molar-refractivity contribution >= 4 is 11.9 Å². The molecule has 1 aliphatic carbocycles. The van der Waals surface area contributed by atoms with Gasteiger partial charge in [-0.2, -0.15) is 0 Å². The van der Waals surface area contributed by atoms with E-state index in [4.69, 9.17) is 5.11 Å². The fourth-order valence-corrected chi connectivity index (χ4v) is 3.80. The van der Waals surface area contributed by atoms with Crippen molar-refractivity contribution in [3.63, 3.8) is 0 Å². The summed E-state index contributed by atoms with van der Waals surface area (Å²) in [4.78, 5) is 25.7. The van der Waals surface area contributed by atoms with Crippen molar-refractivity contribution in [3.05, 3.63) is 0 Å². The van der Waals surface area contributed by atoms with Crippen molar-refractivity contribution in [1.82, 2.24) is 9.80 Å². The minimum absolute atomic E-state index is 0.279. The summed E-state index contributed by atoms with van der Waals surface area (Å²) in [5.41, 5.74) is 0. The Morgan fingerprint density at radius 2 is 1.46 bits per heavy atom. The number of carboxylic acids is 2. The monoisotopic (exact) mass is 378 g/mol. The van der Waals surface area contributed by atoms with Gasteiger partial charge in [-0.1, -0.05) is 12.8 Å². The van der Waals surface area contributed by atoms with Crippen LogP contribution >= 0.6 is 0 Å². The van der Waals surface area contributed by atoms with E-state index in [1.54, 1.807) is 19.0 Å². The maximum absolute atomic E-state index is 11.5. The maximum atomic E-state index is 11.5. The van der Waals surface area contributed by atoms with Crippen LogP contribution in [0.25, 0.3) is 0 Å². The molecule has 0 amide bonds. The molecule has 0 bridgehead atoms. The third kappa shape index (κ3) is 6.15. The summed E-state index contributed by atoms with van der Waals surface area (Å²) in [7, 11) is 3.18. The highest BCUT2D eigenvalue weighted by Crippen LogP contribution is 2.30. The average Bonchev–Trinajstić information content (AvgIpc) is 2.55. The van der Waals surface area contributed by atoms with Gasteiger partial charge in [0.05, 0.1) is 12.5 Å². The van der Waals surface area contributed by atoms with Gasteiger partial charge in [0.2, 0.25) is 0 Å². The number of hydrogen-bond acceptors (Lipinski definition) is 8. The zero-order chi connectivity index (χ0) is 20.0. The van der Waals surface area contributed by atoms with Gasteiger partial charge < -0.3 is 30.6 Å². The fraction of sp³-hybridized carbons (Fsp3) is 0.875. The zero-order valence-corrected chi connectivity index (χ0v) is 15.1. The van der Waals surface area contributed by atoms with Gasteiger partial charge in [0, 0.05) is 18.5 Å². The highest BCUT2D eigenvalue weighted by Gasteiger charge is 2.40. The van der Waals surface area contributed by atoms with Crippen LogP contribution in [0.2, 0.25) is 0 Å². The number of likely N-dealkylation sites (N-methyl/N-ethyl adjacent to an activating group) is 2. The minimum atomic E-state index is -1.80. The summed E-state index contributed by atoms with van der Waals surface area (Å²) in [6, 6.07) is -2.74. The Bertz CT molecular complexity index is 473. The van der Waals surface area contributed by atoms with Gasteiger partial charge in [0.15, 0.2) is 12.6 Å². The molecule has 0 heterocycles. The van der Waals surface area contributed by atoms with Crippen LogP contribution in [0.3, 0.4) is 0 Å². The molecule has 4 unspecified atom stereocenters. The lowest BCUT2D eigenvalue weighted by Crippen LogP contribution is -2.59. The van der Waals surface area contributed by atoms with Crippen molar-refractivity contribution in [2.75, 3.05) is 14.1 Å². The van der Waals surface area contributed by atoms with Crippen LogP contribution < -0.4 is 0 Å². The smallest absolute Gasteiger partial charge is 0.321 e. The Kier molecular flexibility index (Phi) is 8.87. The molecule has 6 N–H and O–H groups in total. The van der Waals surface area contributed by atoms with Gasteiger partial charge in [-0.15, -0.1) is 0 Å². The number of rotatable bonds is 10. The largest absolute Gasteiger partial charge is 0.481 e.